The van der Waals surface area contributed by atoms with Crippen molar-refractivity contribution in [1.29, 1.82) is 0 Å². The minimum absolute atomic E-state index is 0.126. The van der Waals surface area contributed by atoms with Gasteiger partial charge in [0.1, 0.15) is 0 Å². The highest BCUT2D eigenvalue weighted by Crippen LogP contribution is 2.17. The third-order valence-electron chi connectivity index (χ3n) is 4.00. The van der Waals surface area contributed by atoms with E-state index in [-0.39, 0.29) is 11.8 Å². The molecule has 28 heavy (non-hydrogen) atoms. The number of amides is 2. The van der Waals surface area contributed by atoms with E-state index in [1.807, 2.05) is 24.3 Å². The Kier molecular flexibility index (Phi) is 5.96. The third kappa shape index (κ3) is 5.14. The van der Waals surface area contributed by atoms with Crippen molar-refractivity contribution in [3.05, 3.63) is 72.1 Å². The predicted octanol–water partition coefficient (Wildman–Crippen LogP) is 3.99. The van der Waals surface area contributed by atoms with Gasteiger partial charge in [-0.1, -0.05) is 19.1 Å². The number of aromatic nitrogens is 2. The largest absolute Gasteiger partial charge is 0.326 e. The number of aryl methyl sites for hydroxylation is 1. The molecule has 0 aliphatic rings. The second-order valence-corrected chi connectivity index (χ2v) is 6.18. The van der Waals surface area contributed by atoms with Crippen LogP contribution >= 0.6 is 0 Å². The van der Waals surface area contributed by atoms with Gasteiger partial charge in [-0.15, -0.1) is 0 Å². The van der Waals surface area contributed by atoms with Gasteiger partial charge in [0.05, 0.1) is 5.56 Å². The Balaban J connectivity index is 1.60. The molecule has 2 aromatic carbocycles. The van der Waals surface area contributed by atoms with Crippen molar-refractivity contribution in [1.82, 2.24) is 9.97 Å². The smallest absolute Gasteiger partial charge is 0.258 e. The average Bonchev–Trinajstić information content (AvgIpc) is 2.70. The van der Waals surface area contributed by atoms with Crippen LogP contribution in [0.15, 0.2) is 60.9 Å². The Morgan fingerprint density at radius 3 is 1.93 bits per heavy atom. The number of hydrogen-bond acceptors (Lipinski definition) is 5. The number of rotatable bonds is 6. The van der Waals surface area contributed by atoms with Gasteiger partial charge in [-0.3, -0.25) is 9.59 Å². The highest BCUT2D eigenvalue weighted by Gasteiger charge is 2.08. The summed E-state index contributed by atoms with van der Waals surface area (Å²) in [6.45, 7) is 3.54. The van der Waals surface area contributed by atoms with E-state index in [4.69, 9.17) is 0 Å². The maximum Gasteiger partial charge on any atom is 0.258 e. The molecule has 0 fully saturated rings. The molecule has 3 aromatic rings. The number of carbonyl (C=O) groups is 2. The molecule has 0 aliphatic heterocycles. The number of hydrogen-bond donors (Lipinski definition) is 3. The molecule has 7 nitrogen and oxygen atoms in total. The van der Waals surface area contributed by atoms with Crippen LogP contribution in [0.3, 0.4) is 0 Å². The summed E-state index contributed by atoms with van der Waals surface area (Å²) in [6, 6.07) is 14.9. The summed E-state index contributed by atoms with van der Waals surface area (Å²) in [5.41, 5.74) is 3.77. The summed E-state index contributed by atoms with van der Waals surface area (Å²) < 4.78 is 0. The summed E-state index contributed by atoms with van der Waals surface area (Å²) in [5, 5.41) is 8.57. The molecule has 0 atom stereocenters. The molecule has 2 amide bonds. The normalized spacial score (nSPS) is 10.2. The van der Waals surface area contributed by atoms with Gasteiger partial charge in [0.2, 0.25) is 11.9 Å². The Hall–Kier alpha value is -3.74. The van der Waals surface area contributed by atoms with Crippen LogP contribution in [0.5, 0.6) is 0 Å². The zero-order chi connectivity index (χ0) is 19.9. The summed E-state index contributed by atoms with van der Waals surface area (Å²) in [5.74, 6) is -0.0224. The topological polar surface area (TPSA) is 96.0 Å². The van der Waals surface area contributed by atoms with Gasteiger partial charge in [-0.2, -0.15) is 0 Å². The first-order valence-electron chi connectivity index (χ1n) is 8.90. The second kappa shape index (κ2) is 8.77. The van der Waals surface area contributed by atoms with Crippen LogP contribution in [0.1, 0.15) is 29.8 Å². The van der Waals surface area contributed by atoms with E-state index >= 15 is 0 Å². The zero-order valence-corrected chi connectivity index (χ0v) is 15.7. The van der Waals surface area contributed by atoms with Crippen LogP contribution in [0.25, 0.3) is 0 Å². The fourth-order valence-electron chi connectivity index (χ4n) is 2.51. The molecule has 0 spiro atoms. The van der Waals surface area contributed by atoms with Gasteiger partial charge in [-0.25, -0.2) is 9.97 Å². The average molecular weight is 375 g/mol. The third-order valence-corrected chi connectivity index (χ3v) is 4.00. The Morgan fingerprint density at radius 1 is 0.821 bits per heavy atom. The molecule has 0 radical (unpaired) electrons. The Labute approximate surface area is 163 Å². The van der Waals surface area contributed by atoms with Crippen molar-refractivity contribution in [2.24, 2.45) is 0 Å². The molecule has 0 saturated carbocycles. The zero-order valence-electron chi connectivity index (χ0n) is 15.7. The van der Waals surface area contributed by atoms with E-state index in [0.717, 1.165) is 17.8 Å². The van der Waals surface area contributed by atoms with Crippen molar-refractivity contribution < 1.29 is 9.59 Å². The molecular weight excluding hydrogens is 354 g/mol. The van der Waals surface area contributed by atoms with Gasteiger partial charge >= 0.3 is 0 Å². The minimum atomic E-state index is -0.268. The molecule has 3 N–H and O–H groups in total. The molecular formula is C21H21N5O2. The molecule has 1 aromatic heterocycles. The summed E-state index contributed by atoms with van der Waals surface area (Å²) >= 11 is 0. The fourth-order valence-corrected chi connectivity index (χ4v) is 2.51. The highest BCUT2D eigenvalue weighted by atomic mass is 16.2. The lowest BCUT2D eigenvalue weighted by atomic mass is 10.1. The SMILES string of the molecule is CCc1ccc(NC(=O)c2cnc(Nc3ccc(NC(C)=O)cc3)nc2)cc1. The first kappa shape index (κ1) is 19.0. The lowest BCUT2D eigenvalue weighted by molar-refractivity contribution is -0.114. The lowest BCUT2D eigenvalue weighted by Crippen LogP contribution is -2.13. The van der Waals surface area contributed by atoms with Crippen molar-refractivity contribution in [2.45, 2.75) is 20.3 Å². The van der Waals surface area contributed by atoms with Gasteiger partial charge in [0, 0.05) is 36.4 Å². The van der Waals surface area contributed by atoms with E-state index in [0.29, 0.717) is 17.2 Å². The fraction of sp³-hybridized carbons (Fsp3) is 0.143. The summed E-state index contributed by atoms with van der Waals surface area (Å²) in [6.07, 6.45) is 3.89. The number of nitrogens with zero attached hydrogens (tertiary/aromatic N) is 2. The van der Waals surface area contributed by atoms with E-state index in [9.17, 15) is 9.59 Å². The minimum Gasteiger partial charge on any atom is -0.326 e. The summed E-state index contributed by atoms with van der Waals surface area (Å²) in [4.78, 5) is 31.7. The van der Waals surface area contributed by atoms with Crippen LogP contribution in [0, 0.1) is 0 Å². The van der Waals surface area contributed by atoms with Gasteiger partial charge in [0.15, 0.2) is 0 Å². The highest BCUT2D eigenvalue weighted by molar-refractivity contribution is 6.03. The van der Waals surface area contributed by atoms with Crippen molar-refractivity contribution >= 4 is 34.8 Å². The molecule has 7 heteroatoms. The quantitative estimate of drug-likeness (QED) is 0.605. The molecule has 142 valence electrons. The van der Waals surface area contributed by atoms with Gasteiger partial charge in [-0.05, 0) is 48.4 Å². The van der Waals surface area contributed by atoms with Crippen LogP contribution in [-0.4, -0.2) is 21.8 Å². The van der Waals surface area contributed by atoms with Gasteiger partial charge < -0.3 is 16.0 Å². The Bertz CT molecular complexity index is 952. The molecule has 3 rings (SSSR count). The molecule has 0 aliphatic carbocycles. The lowest BCUT2D eigenvalue weighted by Gasteiger charge is -2.08. The van der Waals surface area contributed by atoms with Gasteiger partial charge in [0.25, 0.3) is 5.91 Å². The van der Waals surface area contributed by atoms with E-state index < -0.39 is 0 Å². The molecule has 0 bridgehead atoms. The molecule has 0 saturated heterocycles. The van der Waals surface area contributed by atoms with Crippen LogP contribution < -0.4 is 16.0 Å². The standard InChI is InChI=1S/C21H21N5O2/c1-3-15-4-6-18(7-5-15)25-20(28)16-12-22-21(23-13-16)26-19-10-8-17(9-11-19)24-14(2)27/h4-13H,3H2,1-2H3,(H,24,27)(H,25,28)(H,22,23,26). The van der Waals surface area contributed by atoms with E-state index in [1.165, 1.54) is 24.9 Å². The van der Waals surface area contributed by atoms with Crippen molar-refractivity contribution in [3.63, 3.8) is 0 Å². The Morgan fingerprint density at radius 2 is 1.36 bits per heavy atom. The van der Waals surface area contributed by atoms with Crippen LogP contribution in [0.2, 0.25) is 0 Å². The number of benzene rings is 2. The number of nitrogens with one attached hydrogen (secondary N) is 3. The van der Waals surface area contributed by atoms with Crippen molar-refractivity contribution in [2.75, 3.05) is 16.0 Å². The second-order valence-electron chi connectivity index (χ2n) is 6.18. The van der Waals surface area contributed by atoms with Crippen LogP contribution in [-0.2, 0) is 11.2 Å². The number of carbonyl (C=O) groups excluding carboxylic acids is 2. The molecule has 1 heterocycles. The van der Waals surface area contributed by atoms with E-state index in [1.54, 1.807) is 24.3 Å². The predicted molar refractivity (Wildman–Crippen MR) is 110 cm³/mol. The maximum atomic E-state index is 12.3. The summed E-state index contributed by atoms with van der Waals surface area (Å²) in [7, 11) is 0. The van der Waals surface area contributed by atoms with E-state index in [2.05, 4.69) is 32.8 Å². The van der Waals surface area contributed by atoms with Crippen LogP contribution in [0.4, 0.5) is 23.0 Å². The monoisotopic (exact) mass is 375 g/mol. The first-order valence-corrected chi connectivity index (χ1v) is 8.90. The first-order chi connectivity index (χ1) is 13.5. The maximum absolute atomic E-state index is 12.3. The number of anilines is 4. The van der Waals surface area contributed by atoms with Crippen molar-refractivity contribution in [3.8, 4) is 0 Å². The molecule has 0 unspecified atom stereocenters.